The third-order valence-electron chi connectivity index (χ3n) is 3.03. The lowest BCUT2D eigenvalue weighted by Crippen LogP contribution is -2.35. The predicted molar refractivity (Wildman–Crippen MR) is 105 cm³/mol. The zero-order valence-electron chi connectivity index (χ0n) is 12.6. The molecule has 0 aromatic heterocycles. The SMILES string of the molecule is NC(=O)c1ccc(N(S)C(=O)NCCSc2cccc(Br)c2)cc1. The molecule has 8 heteroatoms. The van der Waals surface area contributed by atoms with Crippen LogP contribution < -0.4 is 15.4 Å². The van der Waals surface area contributed by atoms with Gasteiger partial charge in [0.2, 0.25) is 5.91 Å². The Kier molecular flexibility index (Phi) is 7.01. The van der Waals surface area contributed by atoms with Crippen molar-refractivity contribution in [3.8, 4) is 0 Å². The van der Waals surface area contributed by atoms with E-state index in [-0.39, 0.29) is 6.03 Å². The molecule has 0 fully saturated rings. The van der Waals surface area contributed by atoms with Crippen LogP contribution in [0.25, 0.3) is 0 Å². The predicted octanol–water partition coefficient (Wildman–Crippen LogP) is 3.70. The number of urea groups is 1. The molecule has 2 aromatic carbocycles. The highest BCUT2D eigenvalue weighted by atomic mass is 79.9. The third kappa shape index (κ3) is 5.47. The van der Waals surface area contributed by atoms with E-state index in [1.807, 2.05) is 24.3 Å². The molecule has 0 radical (unpaired) electrons. The number of nitrogens with zero attached hydrogens (tertiary/aromatic N) is 1. The number of carbonyl (C=O) groups excluding carboxylic acids is 2. The lowest BCUT2D eigenvalue weighted by Gasteiger charge is -2.16. The van der Waals surface area contributed by atoms with Gasteiger partial charge in [-0.3, -0.25) is 4.79 Å². The molecular weight excluding hydrogens is 410 g/mol. The van der Waals surface area contributed by atoms with Crippen LogP contribution in [0.4, 0.5) is 10.5 Å². The first-order valence-electron chi connectivity index (χ1n) is 7.02. The molecule has 126 valence electrons. The van der Waals surface area contributed by atoms with Crippen LogP contribution in [0.1, 0.15) is 10.4 Å². The number of hydrogen-bond acceptors (Lipinski definition) is 4. The number of amides is 3. The van der Waals surface area contributed by atoms with Gasteiger partial charge in [0.05, 0.1) is 5.69 Å². The minimum absolute atomic E-state index is 0.333. The number of nitrogens with one attached hydrogen (secondary N) is 1. The van der Waals surface area contributed by atoms with Gasteiger partial charge in [0, 0.05) is 27.2 Å². The number of rotatable bonds is 6. The van der Waals surface area contributed by atoms with Crippen molar-refractivity contribution < 1.29 is 9.59 Å². The summed E-state index contributed by atoms with van der Waals surface area (Å²) < 4.78 is 2.21. The Balaban J connectivity index is 1.80. The van der Waals surface area contributed by atoms with Crippen LogP contribution in [0.15, 0.2) is 57.9 Å². The van der Waals surface area contributed by atoms with Gasteiger partial charge in [-0.1, -0.05) is 34.8 Å². The Bertz CT molecular complexity index is 726. The first-order chi connectivity index (χ1) is 11.5. The summed E-state index contributed by atoms with van der Waals surface area (Å²) in [7, 11) is 0. The van der Waals surface area contributed by atoms with Crippen molar-refractivity contribution in [2.24, 2.45) is 5.73 Å². The minimum atomic E-state index is -0.513. The molecule has 2 aromatic rings. The fourth-order valence-electron chi connectivity index (χ4n) is 1.84. The molecule has 0 unspecified atom stereocenters. The summed E-state index contributed by atoms with van der Waals surface area (Å²) in [4.78, 5) is 24.2. The minimum Gasteiger partial charge on any atom is -0.366 e. The third-order valence-corrected chi connectivity index (χ3v) is 4.93. The van der Waals surface area contributed by atoms with Crippen molar-refractivity contribution in [3.05, 3.63) is 58.6 Å². The van der Waals surface area contributed by atoms with Crippen molar-refractivity contribution in [1.29, 1.82) is 0 Å². The molecule has 3 N–H and O–H groups in total. The average Bonchev–Trinajstić information content (AvgIpc) is 2.58. The number of hydrogen-bond donors (Lipinski definition) is 3. The maximum Gasteiger partial charge on any atom is 0.331 e. The number of anilines is 1. The van der Waals surface area contributed by atoms with Crippen LogP contribution in [0.3, 0.4) is 0 Å². The van der Waals surface area contributed by atoms with Gasteiger partial charge in [-0.2, -0.15) is 0 Å². The molecule has 0 saturated carbocycles. The molecule has 24 heavy (non-hydrogen) atoms. The standard InChI is InChI=1S/C16H16BrN3O2S2/c17-12-2-1-3-14(10-12)24-9-8-19-16(22)20(23)13-6-4-11(5-7-13)15(18)21/h1-7,10,23H,8-9H2,(H2,18,21)(H,19,22). The van der Waals surface area contributed by atoms with Gasteiger partial charge >= 0.3 is 6.03 Å². The van der Waals surface area contributed by atoms with Crippen LogP contribution in [-0.2, 0) is 0 Å². The molecule has 0 bridgehead atoms. The van der Waals surface area contributed by atoms with Crippen LogP contribution in [0.5, 0.6) is 0 Å². The zero-order chi connectivity index (χ0) is 17.5. The van der Waals surface area contributed by atoms with E-state index >= 15 is 0 Å². The number of halogens is 1. The highest BCUT2D eigenvalue weighted by molar-refractivity contribution is 9.10. The summed E-state index contributed by atoms with van der Waals surface area (Å²) in [5.74, 6) is 0.228. The first-order valence-corrected chi connectivity index (χ1v) is 9.20. The highest BCUT2D eigenvalue weighted by Gasteiger charge is 2.12. The van der Waals surface area contributed by atoms with E-state index in [9.17, 15) is 9.59 Å². The van der Waals surface area contributed by atoms with E-state index in [4.69, 9.17) is 5.73 Å². The van der Waals surface area contributed by atoms with Gasteiger partial charge in [-0.05, 0) is 42.5 Å². The number of carbonyl (C=O) groups is 2. The van der Waals surface area contributed by atoms with E-state index in [0.29, 0.717) is 17.8 Å². The molecule has 0 atom stereocenters. The van der Waals surface area contributed by atoms with Crippen molar-refractivity contribution in [2.75, 3.05) is 16.6 Å². The number of thiol groups is 1. The lowest BCUT2D eigenvalue weighted by molar-refractivity contribution is 0.100. The van der Waals surface area contributed by atoms with E-state index in [2.05, 4.69) is 34.1 Å². The largest absolute Gasteiger partial charge is 0.366 e. The fourth-order valence-corrected chi connectivity index (χ4v) is 3.42. The second kappa shape index (κ2) is 9.00. The Labute approximate surface area is 158 Å². The van der Waals surface area contributed by atoms with Crippen LogP contribution >= 0.6 is 40.5 Å². The lowest BCUT2D eigenvalue weighted by atomic mass is 10.2. The van der Waals surface area contributed by atoms with Crippen LogP contribution in [-0.4, -0.2) is 24.2 Å². The fraction of sp³-hybridized carbons (Fsp3) is 0.125. The van der Waals surface area contributed by atoms with Gasteiger partial charge < -0.3 is 11.1 Å². The van der Waals surface area contributed by atoms with Crippen molar-refractivity contribution >= 4 is 58.1 Å². The van der Waals surface area contributed by atoms with E-state index in [1.54, 1.807) is 36.0 Å². The second-order valence-corrected chi connectivity index (χ2v) is 7.24. The summed E-state index contributed by atoms with van der Waals surface area (Å²) in [6.07, 6.45) is 0. The van der Waals surface area contributed by atoms with Crippen molar-refractivity contribution in [1.82, 2.24) is 5.32 Å². The van der Waals surface area contributed by atoms with Gasteiger partial charge in [-0.15, -0.1) is 11.8 Å². The molecule has 0 aliphatic carbocycles. The summed E-state index contributed by atoms with van der Waals surface area (Å²) in [6.45, 7) is 0.506. The van der Waals surface area contributed by atoms with E-state index in [1.165, 1.54) is 4.31 Å². The summed E-state index contributed by atoms with van der Waals surface area (Å²) >= 11 is 9.25. The summed E-state index contributed by atoms with van der Waals surface area (Å²) in [5.41, 5.74) is 6.12. The van der Waals surface area contributed by atoms with Crippen LogP contribution in [0.2, 0.25) is 0 Å². The molecule has 0 aliphatic heterocycles. The zero-order valence-corrected chi connectivity index (χ0v) is 15.9. The molecule has 2 rings (SSSR count). The van der Waals surface area contributed by atoms with Crippen LogP contribution in [0, 0.1) is 0 Å². The van der Waals surface area contributed by atoms with E-state index < -0.39 is 5.91 Å². The smallest absolute Gasteiger partial charge is 0.331 e. The Morgan fingerprint density at radius 3 is 2.54 bits per heavy atom. The molecule has 5 nitrogen and oxygen atoms in total. The summed E-state index contributed by atoms with van der Waals surface area (Å²) in [5, 5.41) is 2.79. The topological polar surface area (TPSA) is 75.4 Å². The normalized spacial score (nSPS) is 10.2. The molecule has 0 heterocycles. The number of thioether (sulfide) groups is 1. The molecule has 0 spiro atoms. The maximum absolute atomic E-state index is 12.1. The molecule has 0 aliphatic rings. The Hall–Kier alpha value is -1.64. The quantitative estimate of drug-likeness (QED) is 0.375. The summed E-state index contributed by atoms with van der Waals surface area (Å²) in [6, 6.07) is 14.0. The highest BCUT2D eigenvalue weighted by Crippen LogP contribution is 2.21. The molecule has 3 amide bonds. The monoisotopic (exact) mass is 425 g/mol. The molecular formula is C16H16BrN3O2S2. The van der Waals surface area contributed by atoms with E-state index in [0.717, 1.165) is 15.1 Å². The van der Waals surface area contributed by atoms with Gasteiger partial charge in [0.15, 0.2) is 0 Å². The van der Waals surface area contributed by atoms with Gasteiger partial charge in [-0.25, -0.2) is 9.10 Å². The second-order valence-electron chi connectivity index (χ2n) is 4.76. The first kappa shape index (κ1) is 18.7. The van der Waals surface area contributed by atoms with Gasteiger partial charge in [0.1, 0.15) is 0 Å². The van der Waals surface area contributed by atoms with Crippen molar-refractivity contribution in [2.45, 2.75) is 4.90 Å². The Morgan fingerprint density at radius 1 is 1.21 bits per heavy atom. The molecule has 0 saturated heterocycles. The number of nitrogens with two attached hydrogens (primary N) is 1. The van der Waals surface area contributed by atoms with Gasteiger partial charge in [0.25, 0.3) is 0 Å². The Morgan fingerprint density at radius 2 is 1.92 bits per heavy atom. The number of primary amides is 1. The van der Waals surface area contributed by atoms with Crippen molar-refractivity contribution in [3.63, 3.8) is 0 Å². The number of benzene rings is 2. The maximum atomic E-state index is 12.1. The average molecular weight is 426 g/mol.